The maximum Gasteiger partial charge on any atom is 0.254 e. The van der Waals surface area contributed by atoms with Crippen molar-refractivity contribution in [2.75, 3.05) is 24.2 Å². The van der Waals surface area contributed by atoms with Crippen molar-refractivity contribution in [3.8, 4) is 0 Å². The zero-order chi connectivity index (χ0) is 17.6. The lowest BCUT2D eigenvalue weighted by Crippen LogP contribution is -2.39. The van der Waals surface area contributed by atoms with Gasteiger partial charge in [-0.25, -0.2) is 14.0 Å². The second-order valence-electron chi connectivity index (χ2n) is 6.48. The second kappa shape index (κ2) is 5.80. The minimum atomic E-state index is -2.68. The normalized spacial score (nSPS) is 16.6. The summed E-state index contributed by atoms with van der Waals surface area (Å²) in [5, 5.41) is 4.35. The van der Waals surface area contributed by atoms with Crippen LogP contribution in [0.2, 0.25) is 0 Å². The van der Waals surface area contributed by atoms with E-state index in [1.54, 1.807) is 12.1 Å². The highest BCUT2D eigenvalue weighted by Gasteiger charge is 2.24. The molecular weight excluding hydrogens is 336 g/mol. The van der Waals surface area contributed by atoms with Gasteiger partial charge in [-0.1, -0.05) is 12.1 Å². The zero-order valence-corrected chi connectivity index (χ0v) is 15.1. The minimum absolute atomic E-state index is 0.556. The number of rotatable bonds is 4. The molecule has 0 aliphatic carbocycles. The van der Waals surface area contributed by atoms with Crippen LogP contribution in [0.4, 0.5) is 5.82 Å². The first-order valence-corrected chi connectivity index (χ1v) is 10.2. The van der Waals surface area contributed by atoms with Gasteiger partial charge < -0.3 is 4.90 Å². The van der Waals surface area contributed by atoms with E-state index in [0.29, 0.717) is 17.1 Å². The van der Waals surface area contributed by atoms with Crippen molar-refractivity contribution < 1.29 is 4.21 Å². The van der Waals surface area contributed by atoms with Gasteiger partial charge in [-0.3, -0.25) is 0 Å². The molecule has 1 aliphatic rings. The van der Waals surface area contributed by atoms with Crippen molar-refractivity contribution in [3.63, 3.8) is 0 Å². The van der Waals surface area contributed by atoms with Crippen LogP contribution in [-0.4, -0.2) is 43.1 Å². The molecule has 1 unspecified atom stereocenters. The molecule has 0 saturated carbocycles. The molecule has 1 fully saturated rings. The Morgan fingerprint density at radius 2 is 1.96 bits per heavy atom. The van der Waals surface area contributed by atoms with Gasteiger partial charge >= 0.3 is 0 Å². The van der Waals surface area contributed by atoms with Crippen molar-refractivity contribution in [1.82, 2.24) is 19.6 Å². The predicted octanol–water partition coefficient (Wildman–Crippen LogP) is 2.27. The molecular formula is C17H20N6OS. The van der Waals surface area contributed by atoms with Crippen LogP contribution < -0.4 is 4.90 Å². The van der Waals surface area contributed by atoms with Crippen LogP contribution in [0.5, 0.6) is 0 Å². The van der Waals surface area contributed by atoms with Gasteiger partial charge in [-0.05, 0) is 31.0 Å². The van der Waals surface area contributed by atoms with Crippen LogP contribution in [0, 0.1) is 11.7 Å². The first-order chi connectivity index (χ1) is 11.9. The fourth-order valence-electron chi connectivity index (χ4n) is 3.10. The van der Waals surface area contributed by atoms with E-state index in [-0.39, 0.29) is 0 Å². The van der Waals surface area contributed by atoms with Gasteiger partial charge in [-0.2, -0.15) is 14.6 Å². The topological polar surface area (TPSA) is 87.2 Å². The van der Waals surface area contributed by atoms with E-state index in [4.69, 9.17) is 4.78 Å². The van der Waals surface area contributed by atoms with Crippen LogP contribution in [0.25, 0.3) is 5.78 Å². The Morgan fingerprint density at radius 3 is 2.56 bits per heavy atom. The van der Waals surface area contributed by atoms with E-state index >= 15 is 0 Å². The molecule has 3 aromatic rings. The Hall–Kier alpha value is -2.48. The average Bonchev–Trinajstić information content (AvgIpc) is 2.96. The Kier molecular flexibility index (Phi) is 3.72. The summed E-state index contributed by atoms with van der Waals surface area (Å²) in [6.45, 7) is 4.03. The fourth-order valence-corrected chi connectivity index (χ4v) is 3.75. The summed E-state index contributed by atoms with van der Waals surface area (Å²) in [6, 6.07) is 7.45. The van der Waals surface area contributed by atoms with Crippen molar-refractivity contribution in [3.05, 3.63) is 47.4 Å². The fraction of sp³-hybridized carbons (Fsp3) is 0.353. The molecule has 0 spiro atoms. The first kappa shape index (κ1) is 16.0. The quantitative estimate of drug-likeness (QED) is 0.775. The molecule has 25 heavy (non-hydrogen) atoms. The van der Waals surface area contributed by atoms with E-state index in [0.717, 1.165) is 35.7 Å². The Balaban J connectivity index is 1.77. The molecule has 8 heteroatoms. The largest absolute Gasteiger partial charge is 0.356 e. The third-order valence-corrected chi connectivity index (χ3v) is 5.79. The SMILES string of the molecule is Cc1nc2ncnn2c(N2CCC2)c1Cc1ccc(S(C)(=N)=O)cc1. The highest BCUT2D eigenvalue weighted by atomic mass is 32.2. The highest BCUT2D eigenvalue weighted by Crippen LogP contribution is 2.29. The van der Waals surface area contributed by atoms with Crippen molar-refractivity contribution >= 4 is 21.3 Å². The summed E-state index contributed by atoms with van der Waals surface area (Å²) in [7, 11) is -2.68. The van der Waals surface area contributed by atoms with E-state index in [9.17, 15) is 4.21 Å². The van der Waals surface area contributed by atoms with E-state index in [1.165, 1.54) is 19.0 Å². The van der Waals surface area contributed by atoms with Gasteiger partial charge in [0.1, 0.15) is 12.1 Å². The standard InChI is InChI=1S/C17H20N6OS/c1-12-15(10-13-4-6-14(7-5-13)25(2,18)24)16(22-8-3-9-22)23-17(21-12)19-11-20-23/h4-7,11,18H,3,8-10H2,1-2H3. The summed E-state index contributed by atoms with van der Waals surface area (Å²) >= 11 is 0. The van der Waals surface area contributed by atoms with Crippen LogP contribution >= 0.6 is 0 Å². The number of nitrogens with zero attached hydrogens (tertiary/aromatic N) is 5. The molecule has 1 saturated heterocycles. The van der Waals surface area contributed by atoms with Gasteiger partial charge in [0.25, 0.3) is 5.78 Å². The average molecular weight is 356 g/mol. The van der Waals surface area contributed by atoms with Crippen molar-refractivity contribution in [2.24, 2.45) is 0 Å². The smallest absolute Gasteiger partial charge is 0.254 e. The molecule has 7 nitrogen and oxygen atoms in total. The Morgan fingerprint density at radius 1 is 1.24 bits per heavy atom. The zero-order valence-electron chi connectivity index (χ0n) is 14.3. The van der Waals surface area contributed by atoms with Gasteiger partial charge in [-0.15, -0.1) is 0 Å². The maximum absolute atomic E-state index is 11.9. The van der Waals surface area contributed by atoms with E-state index in [1.807, 2.05) is 23.6 Å². The molecule has 1 atom stereocenters. The summed E-state index contributed by atoms with van der Waals surface area (Å²) in [5.41, 5.74) is 3.18. The van der Waals surface area contributed by atoms with Crippen LogP contribution in [0.1, 0.15) is 23.2 Å². The summed E-state index contributed by atoms with van der Waals surface area (Å²) in [5.74, 6) is 1.69. The molecule has 4 rings (SSSR count). The Bertz CT molecular complexity index is 1030. The number of aryl methyl sites for hydroxylation is 1. The van der Waals surface area contributed by atoms with Crippen LogP contribution in [-0.2, 0) is 16.1 Å². The van der Waals surface area contributed by atoms with Crippen molar-refractivity contribution in [1.29, 1.82) is 4.78 Å². The number of aromatic nitrogens is 4. The molecule has 0 amide bonds. The number of benzene rings is 1. The van der Waals surface area contributed by atoms with Crippen molar-refractivity contribution in [2.45, 2.75) is 24.7 Å². The van der Waals surface area contributed by atoms with Gasteiger partial charge in [0.05, 0.1) is 9.73 Å². The third-order valence-electron chi connectivity index (χ3n) is 4.61. The maximum atomic E-state index is 11.9. The Labute approximate surface area is 146 Å². The lowest BCUT2D eigenvalue weighted by molar-refractivity contribution is 0.595. The number of fused-ring (bicyclic) bond motifs is 1. The molecule has 3 heterocycles. The first-order valence-electron chi connectivity index (χ1n) is 8.20. The van der Waals surface area contributed by atoms with E-state index < -0.39 is 9.73 Å². The van der Waals surface area contributed by atoms with Gasteiger partial charge in [0.15, 0.2) is 0 Å². The van der Waals surface area contributed by atoms with Gasteiger partial charge in [0.2, 0.25) is 0 Å². The van der Waals surface area contributed by atoms with Crippen LogP contribution in [0.3, 0.4) is 0 Å². The number of anilines is 1. The molecule has 1 aliphatic heterocycles. The summed E-state index contributed by atoms with van der Waals surface area (Å²) in [6.07, 6.45) is 4.87. The second-order valence-corrected chi connectivity index (χ2v) is 8.63. The summed E-state index contributed by atoms with van der Waals surface area (Å²) < 4.78 is 21.4. The van der Waals surface area contributed by atoms with Crippen LogP contribution in [0.15, 0.2) is 35.5 Å². The molecule has 0 radical (unpaired) electrons. The molecule has 130 valence electrons. The van der Waals surface area contributed by atoms with E-state index in [2.05, 4.69) is 20.0 Å². The summed E-state index contributed by atoms with van der Waals surface area (Å²) in [4.78, 5) is 11.7. The molecule has 1 aromatic carbocycles. The molecule has 1 N–H and O–H groups in total. The lowest BCUT2D eigenvalue weighted by Gasteiger charge is -2.34. The number of hydrogen-bond acceptors (Lipinski definition) is 6. The number of nitrogens with one attached hydrogen (secondary N) is 1. The number of hydrogen-bond donors (Lipinski definition) is 1. The molecule has 2 aromatic heterocycles. The monoisotopic (exact) mass is 356 g/mol. The predicted molar refractivity (Wildman–Crippen MR) is 96.6 cm³/mol. The minimum Gasteiger partial charge on any atom is -0.356 e. The lowest BCUT2D eigenvalue weighted by atomic mass is 10.0. The molecule has 0 bridgehead atoms. The highest BCUT2D eigenvalue weighted by molar-refractivity contribution is 7.91. The van der Waals surface area contributed by atoms with Gasteiger partial charge in [0, 0.05) is 41.9 Å². The third kappa shape index (κ3) is 2.86.